The number of hydrogen-bond donors (Lipinski definition) is 0. The van der Waals surface area contributed by atoms with Gasteiger partial charge in [0.2, 0.25) is 0 Å². The van der Waals surface area contributed by atoms with Crippen molar-refractivity contribution < 1.29 is 14.3 Å². The number of fused-ring (bicyclic) bond motifs is 1. The predicted molar refractivity (Wildman–Crippen MR) is 81.3 cm³/mol. The highest BCUT2D eigenvalue weighted by Gasteiger charge is 2.18. The predicted octanol–water partition coefficient (Wildman–Crippen LogP) is 2.59. The highest BCUT2D eigenvalue weighted by molar-refractivity contribution is 5.94. The number of benzene rings is 1. The lowest BCUT2D eigenvalue weighted by atomic mass is 9.90. The zero-order valence-corrected chi connectivity index (χ0v) is 12.9. The van der Waals surface area contributed by atoms with E-state index in [0.29, 0.717) is 13.1 Å². The molecule has 0 bridgehead atoms. The monoisotopic (exact) mass is 289 g/mol. The van der Waals surface area contributed by atoms with E-state index in [1.807, 2.05) is 19.1 Å². The first-order valence-corrected chi connectivity index (χ1v) is 7.63. The maximum absolute atomic E-state index is 12.5. The summed E-state index contributed by atoms with van der Waals surface area (Å²) >= 11 is 0. The summed E-state index contributed by atoms with van der Waals surface area (Å²) in [6.45, 7) is 2.92. The number of aryl methyl sites for hydroxylation is 2. The topological polar surface area (TPSA) is 46.6 Å². The summed E-state index contributed by atoms with van der Waals surface area (Å²) in [5.74, 6) is -0.290. The Labute approximate surface area is 126 Å². The molecule has 1 aromatic rings. The maximum Gasteiger partial charge on any atom is 0.307 e. The molecule has 2 rings (SSSR count). The molecule has 0 spiro atoms. The van der Waals surface area contributed by atoms with Crippen LogP contribution in [-0.4, -0.2) is 37.0 Å². The number of hydrogen-bond acceptors (Lipinski definition) is 3. The number of carbonyl (C=O) groups excluding carboxylic acids is 2. The van der Waals surface area contributed by atoms with Gasteiger partial charge in [0.25, 0.3) is 5.91 Å². The summed E-state index contributed by atoms with van der Waals surface area (Å²) in [5.41, 5.74) is 3.40. The van der Waals surface area contributed by atoms with Crippen molar-refractivity contribution in [3.63, 3.8) is 0 Å². The molecule has 4 nitrogen and oxygen atoms in total. The molecule has 21 heavy (non-hydrogen) atoms. The minimum absolute atomic E-state index is 0.00484. The molecule has 0 aromatic heterocycles. The van der Waals surface area contributed by atoms with E-state index >= 15 is 0 Å². The molecule has 0 aliphatic heterocycles. The van der Waals surface area contributed by atoms with Crippen molar-refractivity contribution in [2.75, 3.05) is 20.2 Å². The summed E-state index contributed by atoms with van der Waals surface area (Å²) in [5, 5.41) is 0. The fourth-order valence-corrected chi connectivity index (χ4v) is 2.78. The van der Waals surface area contributed by atoms with E-state index in [1.54, 1.807) is 4.90 Å². The molecule has 0 saturated heterocycles. The molecule has 0 fully saturated rings. The highest BCUT2D eigenvalue weighted by atomic mass is 16.5. The fourth-order valence-electron chi connectivity index (χ4n) is 2.78. The van der Waals surface area contributed by atoms with Crippen LogP contribution in [0.3, 0.4) is 0 Å². The first kappa shape index (κ1) is 15.5. The van der Waals surface area contributed by atoms with Crippen molar-refractivity contribution in [2.45, 2.75) is 39.0 Å². The minimum atomic E-state index is -0.285. The smallest absolute Gasteiger partial charge is 0.307 e. The molecule has 0 unspecified atom stereocenters. The normalized spacial score (nSPS) is 13.4. The van der Waals surface area contributed by atoms with Crippen LogP contribution in [0.4, 0.5) is 0 Å². The molecule has 1 aromatic carbocycles. The molecule has 1 amide bonds. The second-order valence-corrected chi connectivity index (χ2v) is 5.40. The van der Waals surface area contributed by atoms with E-state index in [-0.39, 0.29) is 18.3 Å². The molecule has 1 aliphatic carbocycles. The van der Waals surface area contributed by atoms with Gasteiger partial charge in [-0.15, -0.1) is 0 Å². The third kappa shape index (κ3) is 3.84. The SMILES string of the molecule is CCN(CCC(=O)OC)C(=O)c1ccc2c(c1)CCCC2. The number of ether oxygens (including phenoxy) is 1. The third-order valence-corrected chi connectivity index (χ3v) is 4.08. The lowest BCUT2D eigenvalue weighted by Gasteiger charge is -2.22. The minimum Gasteiger partial charge on any atom is -0.469 e. The van der Waals surface area contributed by atoms with Crippen LogP contribution in [0.5, 0.6) is 0 Å². The van der Waals surface area contributed by atoms with Crippen LogP contribution in [0.1, 0.15) is 47.7 Å². The van der Waals surface area contributed by atoms with Gasteiger partial charge in [0.1, 0.15) is 0 Å². The fraction of sp³-hybridized carbons (Fsp3) is 0.529. The van der Waals surface area contributed by atoms with Gasteiger partial charge in [0.05, 0.1) is 13.5 Å². The molecule has 0 atom stereocenters. The van der Waals surface area contributed by atoms with Gasteiger partial charge in [-0.05, 0) is 55.9 Å². The van der Waals surface area contributed by atoms with Gasteiger partial charge in [-0.1, -0.05) is 6.07 Å². The summed E-state index contributed by atoms with van der Waals surface area (Å²) < 4.78 is 4.63. The van der Waals surface area contributed by atoms with Gasteiger partial charge in [-0.3, -0.25) is 9.59 Å². The molecule has 0 saturated carbocycles. The van der Waals surface area contributed by atoms with Crippen LogP contribution in [-0.2, 0) is 22.4 Å². The molecule has 114 valence electrons. The van der Waals surface area contributed by atoms with Crippen molar-refractivity contribution in [3.05, 3.63) is 34.9 Å². The molecule has 0 heterocycles. The average Bonchev–Trinajstić information content (AvgIpc) is 2.54. The van der Waals surface area contributed by atoms with Crippen molar-refractivity contribution in [3.8, 4) is 0 Å². The Morgan fingerprint density at radius 2 is 1.90 bits per heavy atom. The number of nitrogens with zero attached hydrogens (tertiary/aromatic N) is 1. The Morgan fingerprint density at radius 3 is 2.57 bits per heavy atom. The van der Waals surface area contributed by atoms with Gasteiger partial charge >= 0.3 is 5.97 Å². The van der Waals surface area contributed by atoms with Crippen LogP contribution in [0.15, 0.2) is 18.2 Å². The average molecular weight is 289 g/mol. The summed E-state index contributed by atoms with van der Waals surface area (Å²) in [7, 11) is 1.37. The second-order valence-electron chi connectivity index (χ2n) is 5.40. The van der Waals surface area contributed by atoms with Crippen LogP contribution in [0.2, 0.25) is 0 Å². The largest absolute Gasteiger partial charge is 0.469 e. The lowest BCUT2D eigenvalue weighted by molar-refractivity contribution is -0.140. The Kier molecular flexibility index (Phi) is 5.37. The second kappa shape index (κ2) is 7.25. The van der Waals surface area contributed by atoms with E-state index in [0.717, 1.165) is 18.4 Å². The highest BCUT2D eigenvalue weighted by Crippen LogP contribution is 2.22. The van der Waals surface area contributed by atoms with Gasteiger partial charge < -0.3 is 9.64 Å². The lowest BCUT2D eigenvalue weighted by Crippen LogP contribution is -2.33. The summed E-state index contributed by atoms with van der Waals surface area (Å²) in [4.78, 5) is 25.5. The van der Waals surface area contributed by atoms with Gasteiger partial charge in [-0.25, -0.2) is 0 Å². The van der Waals surface area contributed by atoms with E-state index in [1.165, 1.54) is 31.1 Å². The quantitative estimate of drug-likeness (QED) is 0.783. The third-order valence-electron chi connectivity index (χ3n) is 4.08. The van der Waals surface area contributed by atoms with E-state index < -0.39 is 0 Å². The zero-order valence-electron chi connectivity index (χ0n) is 12.9. The van der Waals surface area contributed by atoms with Gasteiger partial charge in [0.15, 0.2) is 0 Å². The van der Waals surface area contributed by atoms with E-state index in [2.05, 4.69) is 10.8 Å². The van der Waals surface area contributed by atoms with Crippen LogP contribution < -0.4 is 0 Å². The van der Waals surface area contributed by atoms with Gasteiger partial charge in [0, 0.05) is 18.7 Å². The molecule has 1 aliphatic rings. The molecule has 4 heteroatoms. The standard InChI is InChI=1S/C17H23NO3/c1-3-18(11-10-16(19)21-2)17(20)15-9-8-13-6-4-5-7-14(13)12-15/h8-9,12H,3-7,10-11H2,1-2H3. The molecule has 0 N–H and O–H groups in total. The van der Waals surface area contributed by atoms with Crippen molar-refractivity contribution in [1.82, 2.24) is 4.90 Å². The molecular formula is C17H23NO3. The Bertz CT molecular complexity index is 525. The number of carbonyl (C=O) groups is 2. The number of rotatable bonds is 5. The van der Waals surface area contributed by atoms with Crippen molar-refractivity contribution in [2.24, 2.45) is 0 Å². The Hall–Kier alpha value is -1.84. The Balaban J connectivity index is 2.08. The molecule has 0 radical (unpaired) electrons. The van der Waals surface area contributed by atoms with Gasteiger partial charge in [-0.2, -0.15) is 0 Å². The number of amides is 1. The first-order valence-electron chi connectivity index (χ1n) is 7.63. The Morgan fingerprint density at radius 1 is 1.19 bits per heavy atom. The van der Waals surface area contributed by atoms with Crippen LogP contribution >= 0.6 is 0 Å². The number of esters is 1. The van der Waals surface area contributed by atoms with Crippen LogP contribution in [0, 0.1) is 0 Å². The van der Waals surface area contributed by atoms with Crippen LogP contribution in [0.25, 0.3) is 0 Å². The van der Waals surface area contributed by atoms with Crippen molar-refractivity contribution >= 4 is 11.9 Å². The summed E-state index contributed by atoms with van der Waals surface area (Å²) in [6.07, 6.45) is 4.85. The van der Waals surface area contributed by atoms with Crippen molar-refractivity contribution in [1.29, 1.82) is 0 Å². The molecular weight excluding hydrogens is 266 g/mol. The maximum atomic E-state index is 12.5. The summed E-state index contributed by atoms with van der Waals surface area (Å²) in [6, 6.07) is 6.01. The van der Waals surface area contributed by atoms with E-state index in [9.17, 15) is 9.59 Å². The first-order chi connectivity index (χ1) is 10.2. The number of methoxy groups -OCH3 is 1. The van der Waals surface area contributed by atoms with E-state index in [4.69, 9.17) is 0 Å². The zero-order chi connectivity index (χ0) is 15.2.